The van der Waals surface area contributed by atoms with E-state index in [4.69, 9.17) is 16.6 Å². The number of H-pyrrole nitrogens is 1. The Hall–Kier alpha value is -3.32. The molecule has 1 amide bonds. The van der Waals surface area contributed by atoms with Crippen LogP contribution < -0.4 is 20.3 Å². The summed E-state index contributed by atoms with van der Waals surface area (Å²) >= 11 is 4.81. The molecule has 41 heavy (non-hydrogen) atoms. The number of pyridine rings is 1. The number of carbonyl (C=O) groups excluding carboxylic acids is 1. The predicted octanol–water partition coefficient (Wildman–Crippen LogP) is 3.45. The number of aromatic amines is 1. The van der Waals surface area contributed by atoms with Crippen molar-refractivity contribution in [3.63, 3.8) is 0 Å². The molecule has 1 aromatic carbocycles. The molecule has 5 heterocycles. The molecule has 0 saturated carbocycles. The molecule has 0 unspecified atom stereocenters. The molecule has 3 aliphatic heterocycles. The Kier molecular flexibility index (Phi) is 8.07. The monoisotopic (exact) mass is 586 g/mol. The maximum atomic E-state index is 13.1. The summed E-state index contributed by atoms with van der Waals surface area (Å²) in [5.41, 5.74) is -1.47. The smallest absolute Gasteiger partial charge is 0.420 e. The largest absolute Gasteiger partial charge is 0.487 e. The molecule has 0 aliphatic carbocycles. The zero-order valence-corrected chi connectivity index (χ0v) is 23.3. The third-order valence-corrected chi connectivity index (χ3v) is 8.25. The van der Waals surface area contributed by atoms with E-state index in [1.807, 2.05) is 6.07 Å². The lowest BCUT2D eigenvalue weighted by atomic mass is 9.99. The van der Waals surface area contributed by atoms with E-state index in [-0.39, 0.29) is 11.7 Å². The maximum absolute atomic E-state index is 13.1. The Balaban J connectivity index is 1.11. The minimum absolute atomic E-state index is 0.118. The van der Waals surface area contributed by atoms with E-state index in [0.29, 0.717) is 17.3 Å². The van der Waals surface area contributed by atoms with Crippen LogP contribution >= 0.6 is 11.6 Å². The van der Waals surface area contributed by atoms with Crippen LogP contribution in [0.15, 0.2) is 48.8 Å². The number of nitrogens with zero attached hydrogens (tertiary/aromatic N) is 5. The molecule has 3 saturated heterocycles. The first-order chi connectivity index (χ1) is 19.8. The number of rotatable bonds is 8. The Morgan fingerprint density at radius 3 is 2.32 bits per heavy atom. The van der Waals surface area contributed by atoms with Crippen LogP contribution in [-0.2, 0) is 0 Å². The highest BCUT2D eigenvalue weighted by Gasteiger charge is 2.32. The van der Waals surface area contributed by atoms with Gasteiger partial charge in [0.25, 0.3) is 5.91 Å². The highest BCUT2D eigenvalue weighted by Crippen LogP contribution is 2.31. The van der Waals surface area contributed by atoms with Crippen molar-refractivity contribution < 1.29 is 18.3 Å². The fourth-order valence-electron chi connectivity index (χ4n) is 5.83. The fraction of sp³-hybridized carbons (Fsp3) is 0.464. The van der Waals surface area contributed by atoms with Crippen LogP contribution in [0.1, 0.15) is 23.2 Å². The number of piperazine rings is 1. The summed E-state index contributed by atoms with van der Waals surface area (Å²) in [6.07, 6.45) is 5.66. The SMILES string of the molecule is O=C(Nc1ccc(OC(F)(F)Cl)cc1)c1cnc(N2CCN(C3CCN(C4CNC4)CC3)CC2)c(-c2ccn[nH]2)c1. The molecule has 3 aromatic rings. The van der Waals surface area contributed by atoms with Gasteiger partial charge in [-0.15, -0.1) is 8.78 Å². The summed E-state index contributed by atoms with van der Waals surface area (Å²) in [5, 5.41) is 13.2. The van der Waals surface area contributed by atoms with Crippen molar-refractivity contribution in [1.29, 1.82) is 0 Å². The number of anilines is 2. The molecule has 0 radical (unpaired) electrons. The number of alkyl halides is 3. The van der Waals surface area contributed by atoms with Gasteiger partial charge in [-0.2, -0.15) is 5.10 Å². The lowest BCUT2D eigenvalue weighted by Gasteiger charge is -2.46. The van der Waals surface area contributed by atoms with Crippen LogP contribution in [0, 0.1) is 0 Å². The highest BCUT2D eigenvalue weighted by atomic mass is 35.5. The number of benzene rings is 1. The number of amides is 1. The van der Waals surface area contributed by atoms with E-state index in [0.717, 1.165) is 62.4 Å². The van der Waals surface area contributed by atoms with Gasteiger partial charge in [0.2, 0.25) is 0 Å². The molecule has 218 valence electrons. The minimum atomic E-state index is -3.81. The molecule has 0 spiro atoms. The molecule has 3 N–H and O–H groups in total. The molecule has 3 aliphatic rings. The summed E-state index contributed by atoms with van der Waals surface area (Å²) in [6, 6.07) is 10.5. The zero-order chi connectivity index (χ0) is 28.4. The number of aromatic nitrogens is 3. The van der Waals surface area contributed by atoms with Crippen LogP contribution in [0.2, 0.25) is 0 Å². The number of nitrogens with one attached hydrogen (secondary N) is 3. The Labute approximate surface area is 242 Å². The van der Waals surface area contributed by atoms with Gasteiger partial charge < -0.3 is 20.3 Å². The van der Waals surface area contributed by atoms with Crippen molar-refractivity contribution in [2.75, 3.05) is 62.6 Å². The average molecular weight is 587 g/mol. The Morgan fingerprint density at radius 2 is 1.71 bits per heavy atom. The number of hydrogen-bond donors (Lipinski definition) is 3. The zero-order valence-electron chi connectivity index (χ0n) is 22.5. The summed E-state index contributed by atoms with van der Waals surface area (Å²) in [5.74, 6) is 0.309. The summed E-state index contributed by atoms with van der Waals surface area (Å²) in [7, 11) is 0. The standard InChI is InChI=1S/C28H33ClF2N8O2/c29-28(30,31)41-23-3-1-20(2-4-23)35-27(40)19-15-24(25-5-8-34-36-25)26(33-16-19)39-13-11-38(12-14-39)21-6-9-37(10-7-21)22-17-32-18-22/h1-5,8,15-16,21-22,32H,6-7,9-14,17-18H2,(H,34,36)(H,35,40). The van der Waals surface area contributed by atoms with E-state index in [9.17, 15) is 13.6 Å². The van der Waals surface area contributed by atoms with Gasteiger partial charge in [-0.1, -0.05) is 0 Å². The van der Waals surface area contributed by atoms with E-state index >= 15 is 0 Å². The van der Waals surface area contributed by atoms with Gasteiger partial charge in [0, 0.05) is 99.7 Å². The van der Waals surface area contributed by atoms with E-state index in [1.54, 1.807) is 18.5 Å². The Bertz CT molecular complexity index is 1320. The minimum Gasteiger partial charge on any atom is -0.420 e. The number of ether oxygens (including phenoxy) is 1. The second kappa shape index (κ2) is 11.9. The predicted molar refractivity (Wildman–Crippen MR) is 153 cm³/mol. The third-order valence-electron chi connectivity index (χ3n) is 8.17. The highest BCUT2D eigenvalue weighted by molar-refractivity contribution is 6.20. The molecule has 10 nitrogen and oxygen atoms in total. The van der Waals surface area contributed by atoms with Crippen LogP contribution in [0.5, 0.6) is 5.75 Å². The van der Waals surface area contributed by atoms with E-state index in [2.05, 4.69) is 40.3 Å². The van der Waals surface area contributed by atoms with Crippen molar-refractivity contribution in [3.8, 4) is 17.0 Å². The molecule has 13 heteroatoms. The quantitative estimate of drug-likeness (QED) is 0.345. The molecule has 6 rings (SSSR count). The van der Waals surface area contributed by atoms with E-state index < -0.39 is 5.57 Å². The second-order valence-corrected chi connectivity index (χ2v) is 11.1. The molecular weight excluding hydrogens is 554 g/mol. The number of hydrogen-bond acceptors (Lipinski definition) is 8. The van der Waals surface area contributed by atoms with Gasteiger partial charge in [0.1, 0.15) is 11.6 Å². The average Bonchev–Trinajstić information content (AvgIpc) is 3.48. The number of carbonyl (C=O) groups is 1. The summed E-state index contributed by atoms with van der Waals surface area (Å²) in [4.78, 5) is 25.3. The first-order valence-corrected chi connectivity index (χ1v) is 14.3. The van der Waals surface area contributed by atoms with E-state index in [1.165, 1.54) is 50.2 Å². The van der Waals surface area contributed by atoms with Crippen LogP contribution in [0.25, 0.3) is 11.3 Å². The summed E-state index contributed by atoms with van der Waals surface area (Å²) < 4.78 is 30.1. The van der Waals surface area contributed by atoms with Crippen molar-refractivity contribution in [1.82, 2.24) is 30.3 Å². The van der Waals surface area contributed by atoms with Gasteiger partial charge in [-0.25, -0.2) is 4.98 Å². The molecule has 0 atom stereocenters. The summed E-state index contributed by atoms with van der Waals surface area (Å²) in [6.45, 7) is 8.23. The molecule has 2 aromatic heterocycles. The van der Waals surface area contributed by atoms with Gasteiger partial charge in [0.15, 0.2) is 0 Å². The fourth-order valence-corrected chi connectivity index (χ4v) is 5.92. The van der Waals surface area contributed by atoms with Gasteiger partial charge in [0.05, 0.1) is 11.3 Å². The Morgan fingerprint density at radius 1 is 1.00 bits per heavy atom. The van der Waals surface area contributed by atoms with Gasteiger partial charge in [-0.05, 0) is 49.2 Å². The number of likely N-dealkylation sites (tertiary alicyclic amines) is 1. The molecule has 3 fully saturated rings. The first-order valence-electron chi connectivity index (χ1n) is 13.9. The molecular formula is C28H33ClF2N8O2. The van der Waals surface area contributed by atoms with Crippen LogP contribution in [-0.4, -0.2) is 101 Å². The van der Waals surface area contributed by atoms with Crippen LogP contribution in [0.4, 0.5) is 20.3 Å². The topological polar surface area (TPSA) is 102 Å². The van der Waals surface area contributed by atoms with Crippen molar-refractivity contribution in [2.24, 2.45) is 0 Å². The van der Waals surface area contributed by atoms with Gasteiger partial charge >= 0.3 is 5.57 Å². The van der Waals surface area contributed by atoms with Crippen LogP contribution in [0.3, 0.4) is 0 Å². The van der Waals surface area contributed by atoms with Gasteiger partial charge in [-0.3, -0.25) is 19.7 Å². The second-order valence-electron chi connectivity index (χ2n) is 10.7. The lowest BCUT2D eigenvalue weighted by Crippen LogP contribution is -2.60. The number of piperidine rings is 1. The maximum Gasteiger partial charge on any atom is 0.487 e. The molecule has 0 bridgehead atoms. The lowest BCUT2D eigenvalue weighted by molar-refractivity contribution is -0.0964. The van der Waals surface area contributed by atoms with Crippen molar-refractivity contribution in [3.05, 3.63) is 54.4 Å². The first kappa shape index (κ1) is 27.8. The third kappa shape index (κ3) is 6.61. The van der Waals surface area contributed by atoms with Crippen molar-refractivity contribution in [2.45, 2.75) is 30.5 Å². The van der Waals surface area contributed by atoms with Crippen molar-refractivity contribution >= 4 is 29.0 Å². The normalized spacial score (nSPS) is 19.6. The number of halogens is 3.